The largest absolute Gasteiger partial charge is 0.457 e. The van der Waals surface area contributed by atoms with Crippen molar-refractivity contribution >= 4 is 50.5 Å². The summed E-state index contributed by atoms with van der Waals surface area (Å²) in [7, 11) is 2.01. The molecule has 2 aromatic carbocycles. The van der Waals surface area contributed by atoms with E-state index in [9.17, 15) is 0 Å². The van der Waals surface area contributed by atoms with Crippen LogP contribution in [0.25, 0.3) is 0 Å². The fraction of sp³-hybridized carbons (Fsp3) is 0.278. The van der Waals surface area contributed by atoms with Crippen LogP contribution in [0.3, 0.4) is 0 Å². The Morgan fingerprint density at radius 3 is 2.61 bits per heavy atom. The Bertz CT molecular complexity index is 731. The molecular formula is C18H20BrIN2O. The first kappa shape index (κ1) is 18.3. The van der Waals surface area contributed by atoms with E-state index in [0.29, 0.717) is 0 Å². The van der Waals surface area contributed by atoms with E-state index in [-0.39, 0.29) is 0 Å². The summed E-state index contributed by atoms with van der Waals surface area (Å²) in [6.07, 6.45) is 1.86. The number of rotatable bonds is 5. The first-order chi connectivity index (χ1) is 10.9. The van der Waals surface area contributed by atoms with Crippen molar-refractivity contribution in [2.45, 2.75) is 20.8 Å². The predicted molar refractivity (Wildman–Crippen MR) is 109 cm³/mol. The van der Waals surface area contributed by atoms with Crippen molar-refractivity contribution in [1.82, 2.24) is 4.90 Å². The van der Waals surface area contributed by atoms with Crippen LogP contribution < -0.4 is 4.74 Å². The zero-order valence-corrected chi connectivity index (χ0v) is 17.5. The van der Waals surface area contributed by atoms with Crippen LogP contribution in [0, 0.1) is 17.4 Å². The summed E-state index contributed by atoms with van der Waals surface area (Å²) in [5.74, 6) is 1.68. The van der Waals surface area contributed by atoms with Crippen molar-refractivity contribution in [3.63, 3.8) is 0 Å². The molecule has 0 atom stereocenters. The van der Waals surface area contributed by atoms with E-state index in [4.69, 9.17) is 4.74 Å². The van der Waals surface area contributed by atoms with Crippen molar-refractivity contribution < 1.29 is 4.74 Å². The summed E-state index contributed by atoms with van der Waals surface area (Å²) in [4.78, 5) is 6.59. The number of hydrogen-bond acceptors (Lipinski definition) is 2. The van der Waals surface area contributed by atoms with Gasteiger partial charge in [-0.1, -0.05) is 0 Å². The third-order valence-corrected chi connectivity index (χ3v) is 5.84. The van der Waals surface area contributed by atoms with Crippen molar-refractivity contribution in [2.24, 2.45) is 4.99 Å². The summed E-state index contributed by atoms with van der Waals surface area (Å²) in [5, 5.41) is 0. The molecule has 0 aliphatic carbocycles. The minimum Gasteiger partial charge on any atom is -0.457 e. The Balaban J connectivity index is 2.25. The number of aliphatic imine (C=N–C) groups is 1. The van der Waals surface area contributed by atoms with Gasteiger partial charge in [-0.25, -0.2) is 4.99 Å². The van der Waals surface area contributed by atoms with Gasteiger partial charge in [-0.2, -0.15) is 0 Å². The number of halogens is 2. The van der Waals surface area contributed by atoms with Gasteiger partial charge in [0.2, 0.25) is 0 Å². The van der Waals surface area contributed by atoms with Gasteiger partial charge in [0.05, 0.1) is 12.0 Å². The highest BCUT2D eigenvalue weighted by Gasteiger charge is 2.07. The van der Waals surface area contributed by atoms with Crippen molar-refractivity contribution in [1.29, 1.82) is 0 Å². The molecule has 3 nitrogen and oxygen atoms in total. The maximum atomic E-state index is 6.03. The second-order valence-electron chi connectivity index (χ2n) is 5.40. The molecule has 2 aromatic rings. The first-order valence-corrected chi connectivity index (χ1v) is 9.26. The second-order valence-corrected chi connectivity index (χ2v) is 7.42. The fourth-order valence-corrected chi connectivity index (χ4v) is 2.63. The average Bonchev–Trinajstić information content (AvgIpc) is 2.52. The summed E-state index contributed by atoms with van der Waals surface area (Å²) < 4.78 is 8.23. The van der Waals surface area contributed by atoms with Gasteiger partial charge < -0.3 is 9.64 Å². The summed E-state index contributed by atoms with van der Waals surface area (Å²) in [5.41, 5.74) is 3.13. The van der Waals surface area contributed by atoms with Crippen molar-refractivity contribution in [3.05, 3.63) is 49.5 Å². The number of ether oxygens (including phenoxy) is 1. The molecule has 0 amide bonds. The molecule has 0 fully saturated rings. The van der Waals surface area contributed by atoms with Crippen molar-refractivity contribution in [3.8, 4) is 11.5 Å². The van der Waals surface area contributed by atoms with Crippen LogP contribution in [0.15, 0.2) is 39.8 Å². The van der Waals surface area contributed by atoms with Crippen LogP contribution in [0.2, 0.25) is 0 Å². The number of nitrogens with zero attached hydrogens (tertiary/aromatic N) is 2. The molecule has 0 aromatic heterocycles. The van der Waals surface area contributed by atoms with Crippen LogP contribution in [0.4, 0.5) is 5.69 Å². The van der Waals surface area contributed by atoms with Gasteiger partial charge in [0.15, 0.2) is 0 Å². The third-order valence-electron chi connectivity index (χ3n) is 3.51. The lowest BCUT2D eigenvalue weighted by Crippen LogP contribution is -2.14. The molecule has 5 heteroatoms. The van der Waals surface area contributed by atoms with Gasteiger partial charge in [-0.15, -0.1) is 0 Å². The van der Waals surface area contributed by atoms with Gasteiger partial charge in [0.25, 0.3) is 0 Å². The van der Waals surface area contributed by atoms with Gasteiger partial charge in [0, 0.05) is 21.6 Å². The highest BCUT2D eigenvalue weighted by molar-refractivity contribution is 14.1. The SMILES string of the molecule is CCN(C)C=Nc1cc(C)c(Oc2ccc(I)c(Br)c2)cc1C. The monoisotopic (exact) mass is 486 g/mol. The molecule has 0 saturated carbocycles. The highest BCUT2D eigenvalue weighted by atomic mass is 127. The normalized spacial score (nSPS) is 11.0. The highest BCUT2D eigenvalue weighted by Crippen LogP contribution is 2.33. The standard InChI is InChI=1S/C18H20BrIN2O/c1-5-22(4)11-21-17-8-13(3)18(9-12(17)2)23-14-6-7-16(20)15(19)10-14/h6-11H,5H2,1-4H3. The first-order valence-electron chi connectivity index (χ1n) is 7.39. The van der Waals surface area contributed by atoms with Crippen LogP contribution in [0.5, 0.6) is 11.5 Å². The van der Waals surface area contributed by atoms with Crippen LogP contribution in [-0.4, -0.2) is 24.8 Å². The fourth-order valence-electron chi connectivity index (χ4n) is 1.93. The zero-order valence-electron chi connectivity index (χ0n) is 13.7. The number of benzene rings is 2. The van der Waals surface area contributed by atoms with Crippen LogP contribution in [0.1, 0.15) is 18.1 Å². The molecule has 0 unspecified atom stereocenters. The smallest absolute Gasteiger partial charge is 0.130 e. The minimum atomic E-state index is 0.821. The minimum absolute atomic E-state index is 0.821. The van der Waals surface area contributed by atoms with Crippen LogP contribution >= 0.6 is 38.5 Å². The Kier molecular flexibility index (Phi) is 6.47. The van der Waals surface area contributed by atoms with E-state index in [0.717, 1.165) is 42.9 Å². The average molecular weight is 487 g/mol. The topological polar surface area (TPSA) is 24.8 Å². The van der Waals surface area contributed by atoms with Gasteiger partial charge in [-0.05, 0) is 101 Å². The van der Waals surface area contributed by atoms with E-state index in [2.05, 4.69) is 63.4 Å². The number of aryl methyl sites for hydroxylation is 2. The maximum Gasteiger partial charge on any atom is 0.130 e. The summed E-state index contributed by atoms with van der Waals surface area (Å²) >= 11 is 5.82. The van der Waals surface area contributed by atoms with Gasteiger partial charge in [-0.3, -0.25) is 0 Å². The molecule has 0 radical (unpaired) electrons. The Morgan fingerprint density at radius 1 is 1.22 bits per heavy atom. The molecule has 0 heterocycles. The molecule has 0 spiro atoms. The molecular weight excluding hydrogens is 467 g/mol. The molecule has 0 aliphatic heterocycles. The van der Waals surface area contributed by atoms with Crippen molar-refractivity contribution in [2.75, 3.05) is 13.6 Å². The molecule has 2 rings (SSSR count). The Hall–Kier alpha value is -1.08. The molecule has 0 N–H and O–H groups in total. The molecule has 23 heavy (non-hydrogen) atoms. The van der Waals surface area contributed by atoms with E-state index in [1.807, 2.05) is 49.5 Å². The van der Waals surface area contributed by atoms with E-state index in [1.165, 1.54) is 0 Å². The predicted octanol–water partition coefficient (Wildman–Crippen LogP) is 6.07. The molecule has 122 valence electrons. The Labute approximate surface area is 160 Å². The summed E-state index contributed by atoms with van der Waals surface area (Å²) in [6, 6.07) is 10.1. The zero-order chi connectivity index (χ0) is 17.0. The molecule has 0 bridgehead atoms. The van der Waals surface area contributed by atoms with Gasteiger partial charge >= 0.3 is 0 Å². The van der Waals surface area contributed by atoms with E-state index in [1.54, 1.807) is 0 Å². The van der Waals surface area contributed by atoms with Gasteiger partial charge in [0.1, 0.15) is 11.5 Å². The third kappa shape index (κ3) is 4.94. The lowest BCUT2D eigenvalue weighted by molar-refractivity contribution is 0.478. The maximum absolute atomic E-state index is 6.03. The second kappa shape index (κ2) is 8.15. The van der Waals surface area contributed by atoms with Crippen LogP contribution in [-0.2, 0) is 0 Å². The number of hydrogen-bond donors (Lipinski definition) is 0. The van der Waals surface area contributed by atoms with E-state index < -0.39 is 0 Å². The van der Waals surface area contributed by atoms with E-state index >= 15 is 0 Å². The molecule has 0 aliphatic rings. The summed E-state index contributed by atoms with van der Waals surface area (Å²) in [6.45, 7) is 7.12. The Morgan fingerprint density at radius 2 is 1.96 bits per heavy atom. The quantitative estimate of drug-likeness (QED) is 0.291. The lowest BCUT2D eigenvalue weighted by atomic mass is 10.1. The lowest BCUT2D eigenvalue weighted by Gasteiger charge is -2.13. The molecule has 0 saturated heterocycles.